The smallest absolute Gasteiger partial charge is 0.316 e. The Morgan fingerprint density at radius 3 is 2.56 bits per heavy atom. The third kappa shape index (κ3) is 5.11. The van der Waals surface area contributed by atoms with Crippen LogP contribution in [0.1, 0.15) is 24.5 Å². The molecule has 3 aromatic rings. The average molecular weight is 432 g/mol. The molecule has 0 saturated carbocycles. The van der Waals surface area contributed by atoms with Crippen LogP contribution in [0.15, 0.2) is 61.2 Å². The van der Waals surface area contributed by atoms with Crippen LogP contribution in [0.25, 0.3) is 11.1 Å². The number of piperazine rings is 1. The Balaban J connectivity index is 1.57. The van der Waals surface area contributed by atoms with Gasteiger partial charge < -0.3 is 9.64 Å². The first-order valence-corrected chi connectivity index (χ1v) is 11.0. The lowest BCUT2D eigenvalue weighted by atomic mass is 9.97. The summed E-state index contributed by atoms with van der Waals surface area (Å²) in [6, 6.07) is 12.5. The van der Waals surface area contributed by atoms with Gasteiger partial charge in [0.1, 0.15) is 0 Å². The lowest BCUT2D eigenvalue weighted by molar-refractivity contribution is -0.142. The maximum absolute atomic E-state index is 13.4. The van der Waals surface area contributed by atoms with Crippen molar-refractivity contribution in [2.75, 3.05) is 26.7 Å². The van der Waals surface area contributed by atoms with E-state index in [2.05, 4.69) is 57.1 Å². The van der Waals surface area contributed by atoms with E-state index < -0.39 is 0 Å². The highest BCUT2D eigenvalue weighted by atomic mass is 16.5. The van der Waals surface area contributed by atoms with Crippen molar-refractivity contribution in [2.45, 2.75) is 32.4 Å². The molecule has 0 radical (unpaired) electrons. The fraction of sp³-hybridized carbons (Fsp3) is 0.360. The molecule has 7 heteroatoms. The molecule has 0 aliphatic carbocycles. The molecule has 3 heterocycles. The molecule has 0 N–H and O–H groups in total. The third-order valence-electron chi connectivity index (χ3n) is 5.79. The number of pyridine rings is 1. The van der Waals surface area contributed by atoms with Gasteiger partial charge in [-0.05, 0) is 35.6 Å². The van der Waals surface area contributed by atoms with Gasteiger partial charge >= 0.3 is 6.01 Å². The zero-order valence-electron chi connectivity index (χ0n) is 18.6. The van der Waals surface area contributed by atoms with Crippen molar-refractivity contribution in [2.24, 2.45) is 0 Å². The minimum Gasteiger partial charge on any atom is -0.467 e. The molecule has 4 rings (SSSR count). The molecule has 0 spiro atoms. The van der Waals surface area contributed by atoms with Crippen molar-refractivity contribution in [1.82, 2.24) is 24.8 Å². The summed E-state index contributed by atoms with van der Waals surface area (Å²) >= 11 is 0. The van der Waals surface area contributed by atoms with Gasteiger partial charge in [-0.15, -0.1) is 0 Å². The second kappa shape index (κ2) is 10.3. The number of hydrogen-bond donors (Lipinski definition) is 0. The van der Waals surface area contributed by atoms with Crippen molar-refractivity contribution in [3.05, 3.63) is 72.3 Å². The summed E-state index contributed by atoms with van der Waals surface area (Å²) in [5, 5.41) is 0. The summed E-state index contributed by atoms with van der Waals surface area (Å²) in [5.74, 6) is 0.194. The van der Waals surface area contributed by atoms with Crippen molar-refractivity contribution in [3.8, 4) is 17.1 Å². The van der Waals surface area contributed by atoms with Crippen molar-refractivity contribution in [1.29, 1.82) is 0 Å². The third-order valence-corrected chi connectivity index (χ3v) is 5.79. The van der Waals surface area contributed by atoms with Crippen molar-refractivity contribution >= 4 is 5.91 Å². The van der Waals surface area contributed by atoms with Crippen LogP contribution in [0.4, 0.5) is 0 Å². The molecule has 1 amide bonds. The van der Waals surface area contributed by atoms with Gasteiger partial charge in [-0.1, -0.05) is 37.3 Å². The molecule has 1 fully saturated rings. The van der Waals surface area contributed by atoms with E-state index >= 15 is 0 Å². The lowest BCUT2D eigenvalue weighted by Gasteiger charge is -2.40. The van der Waals surface area contributed by atoms with Crippen LogP contribution in [0.2, 0.25) is 0 Å². The van der Waals surface area contributed by atoms with Gasteiger partial charge in [0.15, 0.2) is 0 Å². The second-order valence-corrected chi connectivity index (χ2v) is 8.04. The summed E-state index contributed by atoms with van der Waals surface area (Å²) in [6.45, 7) is 5.11. The number of methoxy groups -OCH3 is 1. The maximum Gasteiger partial charge on any atom is 0.316 e. The highest BCUT2D eigenvalue weighted by molar-refractivity contribution is 5.83. The minimum atomic E-state index is -0.221. The van der Waals surface area contributed by atoms with E-state index in [0.717, 1.165) is 48.3 Å². The van der Waals surface area contributed by atoms with E-state index in [1.807, 2.05) is 17.2 Å². The van der Waals surface area contributed by atoms with Crippen LogP contribution >= 0.6 is 0 Å². The number of carbonyl (C=O) groups excluding carboxylic acids is 1. The predicted molar refractivity (Wildman–Crippen MR) is 123 cm³/mol. The summed E-state index contributed by atoms with van der Waals surface area (Å²) in [5.41, 5.74) is 4.29. The number of nitrogens with zero attached hydrogens (tertiary/aromatic N) is 5. The van der Waals surface area contributed by atoms with Crippen LogP contribution in [-0.2, 0) is 17.8 Å². The largest absolute Gasteiger partial charge is 0.467 e. The van der Waals surface area contributed by atoms with E-state index in [1.165, 1.54) is 0 Å². The minimum absolute atomic E-state index is 0.194. The zero-order chi connectivity index (χ0) is 22.3. The van der Waals surface area contributed by atoms with E-state index in [1.54, 1.807) is 25.7 Å². The van der Waals surface area contributed by atoms with E-state index in [9.17, 15) is 4.79 Å². The van der Waals surface area contributed by atoms with Gasteiger partial charge in [0, 0.05) is 56.5 Å². The predicted octanol–water partition coefficient (Wildman–Crippen LogP) is 3.21. The monoisotopic (exact) mass is 431 g/mol. The Labute approximate surface area is 189 Å². The Hall–Kier alpha value is -3.32. The summed E-state index contributed by atoms with van der Waals surface area (Å²) in [7, 11) is 1.55. The fourth-order valence-corrected chi connectivity index (χ4v) is 4.18. The first kappa shape index (κ1) is 21.9. The molecule has 1 aliphatic rings. The normalized spacial score (nSPS) is 16.9. The molecule has 1 aromatic carbocycles. The summed E-state index contributed by atoms with van der Waals surface area (Å²) in [6.07, 6.45) is 8.80. The number of rotatable bonds is 8. The number of amides is 1. The van der Waals surface area contributed by atoms with Crippen molar-refractivity contribution < 1.29 is 9.53 Å². The van der Waals surface area contributed by atoms with Gasteiger partial charge in [0.05, 0.1) is 13.2 Å². The number of carbonyl (C=O) groups is 1. The molecule has 1 saturated heterocycles. The molecule has 1 atom stereocenters. The second-order valence-electron chi connectivity index (χ2n) is 8.04. The van der Waals surface area contributed by atoms with Crippen molar-refractivity contribution in [3.63, 3.8) is 0 Å². The molecular formula is C25H29N5O2. The molecule has 1 aliphatic heterocycles. The molecule has 0 bridgehead atoms. The maximum atomic E-state index is 13.4. The Morgan fingerprint density at radius 2 is 1.84 bits per heavy atom. The van der Waals surface area contributed by atoms with Crippen LogP contribution in [0, 0.1) is 0 Å². The average Bonchev–Trinajstić information content (AvgIpc) is 2.84. The van der Waals surface area contributed by atoms with Crippen LogP contribution < -0.4 is 4.74 Å². The van der Waals surface area contributed by atoms with Gasteiger partial charge in [0.25, 0.3) is 0 Å². The quantitative estimate of drug-likeness (QED) is 0.545. The van der Waals surface area contributed by atoms with Gasteiger partial charge in [-0.2, -0.15) is 0 Å². The zero-order valence-corrected chi connectivity index (χ0v) is 18.6. The number of ether oxygens (including phenoxy) is 1. The first-order chi connectivity index (χ1) is 15.7. The SMILES string of the molecule is CCCN1CCN(Cc2cnc(OC)nc2)[C@H](Cc2cccc(-c3cccnc3)c2)C1=O. The lowest BCUT2D eigenvalue weighted by Crippen LogP contribution is -2.57. The fourth-order valence-electron chi connectivity index (χ4n) is 4.18. The Morgan fingerprint density at radius 1 is 1.03 bits per heavy atom. The molecule has 32 heavy (non-hydrogen) atoms. The van der Waals surface area contributed by atoms with Crippen LogP contribution in [-0.4, -0.2) is 63.4 Å². The number of aromatic nitrogens is 3. The molecule has 166 valence electrons. The van der Waals surface area contributed by atoms with Crippen LogP contribution in [0.5, 0.6) is 6.01 Å². The summed E-state index contributed by atoms with van der Waals surface area (Å²) in [4.78, 5) is 30.3. The van der Waals surface area contributed by atoms with Gasteiger partial charge in [-0.3, -0.25) is 14.7 Å². The molecule has 7 nitrogen and oxygen atoms in total. The highest BCUT2D eigenvalue weighted by Crippen LogP contribution is 2.23. The van der Waals surface area contributed by atoms with Gasteiger partial charge in [0.2, 0.25) is 5.91 Å². The molecule has 0 unspecified atom stereocenters. The Bertz CT molecular complexity index is 1030. The van der Waals surface area contributed by atoms with E-state index in [0.29, 0.717) is 19.0 Å². The molecule has 2 aromatic heterocycles. The van der Waals surface area contributed by atoms with E-state index in [4.69, 9.17) is 4.74 Å². The topological polar surface area (TPSA) is 71.5 Å². The standard InChI is InChI=1S/C25H29N5O2/c1-3-10-29-11-12-30(18-20-15-27-25(32-2)28-16-20)23(24(29)31)14-19-6-4-7-21(13-19)22-8-5-9-26-17-22/h4-9,13,15-17,23H,3,10-12,14,18H2,1-2H3/t23-/m1/s1. The number of benzene rings is 1. The molecular weight excluding hydrogens is 402 g/mol. The number of hydrogen-bond acceptors (Lipinski definition) is 6. The first-order valence-electron chi connectivity index (χ1n) is 11.0. The van der Waals surface area contributed by atoms with Gasteiger partial charge in [-0.25, -0.2) is 9.97 Å². The van der Waals surface area contributed by atoms with E-state index in [-0.39, 0.29) is 11.9 Å². The summed E-state index contributed by atoms with van der Waals surface area (Å²) < 4.78 is 5.06. The van der Waals surface area contributed by atoms with Crippen LogP contribution in [0.3, 0.4) is 0 Å². The highest BCUT2D eigenvalue weighted by Gasteiger charge is 2.34. The Kier molecular flexibility index (Phi) is 7.07.